The second-order valence-corrected chi connectivity index (χ2v) is 15.7. The highest BCUT2D eigenvalue weighted by Crippen LogP contribution is 2.36. The molecule has 2 atom stereocenters. The first-order valence-corrected chi connectivity index (χ1v) is 18.0. The number of hydrogen-bond donors (Lipinski definition) is 2. The summed E-state index contributed by atoms with van der Waals surface area (Å²) < 4.78 is 36.7. The number of carbonyl (C=O) groups is 1. The molecule has 0 unspecified atom stereocenters. The van der Waals surface area contributed by atoms with E-state index in [1.165, 1.54) is 24.1 Å². The third kappa shape index (κ3) is 7.35. The minimum Gasteiger partial charge on any atom is -0.467 e. The molecule has 3 aromatic carbocycles. The van der Waals surface area contributed by atoms with E-state index >= 15 is 0 Å². The summed E-state index contributed by atoms with van der Waals surface area (Å²) >= 11 is 0. The minimum absolute atomic E-state index is 0.0378. The van der Waals surface area contributed by atoms with Crippen LogP contribution in [-0.4, -0.2) is 30.3 Å². The van der Waals surface area contributed by atoms with Gasteiger partial charge in [0, 0.05) is 17.2 Å². The van der Waals surface area contributed by atoms with Crippen molar-refractivity contribution in [3.63, 3.8) is 0 Å². The van der Waals surface area contributed by atoms with Crippen LogP contribution >= 0.6 is 0 Å². The number of benzene rings is 3. The summed E-state index contributed by atoms with van der Waals surface area (Å²) in [5, 5.41) is 3.28. The van der Waals surface area contributed by atoms with Crippen molar-refractivity contribution >= 4 is 21.9 Å². The van der Waals surface area contributed by atoms with Crippen molar-refractivity contribution in [2.75, 3.05) is 4.72 Å². The molecule has 1 aromatic heterocycles. The van der Waals surface area contributed by atoms with Gasteiger partial charge < -0.3 is 10.1 Å². The lowest BCUT2D eigenvalue weighted by molar-refractivity contribution is 0.0823. The van der Waals surface area contributed by atoms with Gasteiger partial charge in [0.05, 0.1) is 16.6 Å². The first-order valence-electron chi connectivity index (χ1n) is 16.5. The molecule has 0 radical (unpaired) electrons. The van der Waals surface area contributed by atoms with Crippen LogP contribution in [0.3, 0.4) is 0 Å². The first-order chi connectivity index (χ1) is 22.4. The molecule has 47 heavy (non-hydrogen) atoms. The van der Waals surface area contributed by atoms with E-state index in [1.807, 2.05) is 32.0 Å². The Balaban J connectivity index is 1.54. The van der Waals surface area contributed by atoms with Crippen LogP contribution in [0.1, 0.15) is 98.0 Å². The van der Waals surface area contributed by atoms with Gasteiger partial charge in [0.15, 0.2) is 0 Å². The lowest BCUT2D eigenvalue weighted by Gasteiger charge is -2.33. The predicted molar refractivity (Wildman–Crippen MR) is 185 cm³/mol. The van der Waals surface area contributed by atoms with Crippen molar-refractivity contribution in [3.05, 3.63) is 101 Å². The van der Waals surface area contributed by atoms with Crippen molar-refractivity contribution in [3.8, 4) is 17.1 Å². The number of sulfonamides is 1. The Bertz CT molecular complexity index is 1860. The maximum Gasteiger partial charge on any atom is 0.264 e. The van der Waals surface area contributed by atoms with E-state index in [1.54, 1.807) is 18.2 Å². The van der Waals surface area contributed by atoms with Crippen molar-refractivity contribution in [1.29, 1.82) is 0 Å². The van der Waals surface area contributed by atoms with Gasteiger partial charge in [-0.3, -0.25) is 4.79 Å². The van der Waals surface area contributed by atoms with Gasteiger partial charge in [-0.25, -0.2) is 18.1 Å². The maximum atomic E-state index is 13.9. The number of nitrogens with one attached hydrogen (secondary N) is 2. The van der Waals surface area contributed by atoms with Gasteiger partial charge in [-0.1, -0.05) is 101 Å². The molecule has 1 aliphatic heterocycles. The summed E-state index contributed by atoms with van der Waals surface area (Å²) in [6, 6.07) is 21.8. The molecule has 1 aliphatic carbocycles. The number of hydrogen-bond acceptors (Lipinski definition) is 6. The zero-order valence-electron chi connectivity index (χ0n) is 27.8. The Hall–Kier alpha value is -4.24. The predicted octanol–water partition coefficient (Wildman–Crippen LogP) is 8.06. The zero-order valence-corrected chi connectivity index (χ0v) is 28.7. The van der Waals surface area contributed by atoms with E-state index in [9.17, 15) is 13.2 Å². The number of carbonyl (C=O) groups excluding carboxylic acids is 1. The Morgan fingerprint density at radius 1 is 0.872 bits per heavy atom. The molecular formula is C38H44N4O4S. The summed E-state index contributed by atoms with van der Waals surface area (Å²) in [7, 11) is -4.13. The number of rotatable bonds is 4. The Labute approximate surface area is 278 Å². The van der Waals surface area contributed by atoms with Crippen molar-refractivity contribution in [2.24, 2.45) is 5.92 Å². The van der Waals surface area contributed by atoms with Gasteiger partial charge >= 0.3 is 0 Å². The zero-order chi connectivity index (χ0) is 33.3. The van der Waals surface area contributed by atoms with E-state index < -0.39 is 22.2 Å². The van der Waals surface area contributed by atoms with E-state index in [0.717, 1.165) is 54.4 Å². The van der Waals surface area contributed by atoms with Gasteiger partial charge in [0.2, 0.25) is 11.8 Å². The fourth-order valence-electron chi connectivity index (χ4n) is 6.84. The molecule has 9 heteroatoms. The smallest absolute Gasteiger partial charge is 0.264 e. The van der Waals surface area contributed by atoms with Crippen molar-refractivity contribution in [2.45, 2.75) is 95.6 Å². The first kappa shape index (κ1) is 32.7. The minimum atomic E-state index is -4.13. The molecular weight excluding hydrogens is 609 g/mol. The topological polar surface area (TPSA) is 110 Å². The lowest BCUT2D eigenvalue weighted by atomic mass is 9.82. The van der Waals surface area contributed by atoms with Crippen LogP contribution in [0, 0.1) is 19.8 Å². The highest BCUT2D eigenvalue weighted by atomic mass is 32.2. The van der Waals surface area contributed by atoms with Crippen LogP contribution in [0.4, 0.5) is 5.95 Å². The molecule has 246 valence electrons. The molecule has 2 heterocycles. The number of aromatic nitrogens is 2. The summed E-state index contributed by atoms with van der Waals surface area (Å²) in [6.45, 7) is 10.5. The van der Waals surface area contributed by atoms with Crippen LogP contribution in [-0.2, 0) is 15.4 Å². The van der Waals surface area contributed by atoms with E-state index in [0.29, 0.717) is 11.6 Å². The van der Waals surface area contributed by atoms with Crippen molar-refractivity contribution < 1.29 is 17.9 Å². The van der Waals surface area contributed by atoms with Gasteiger partial charge in [-0.2, -0.15) is 4.98 Å². The summed E-state index contributed by atoms with van der Waals surface area (Å²) in [5.74, 6) is 0.184. The Morgan fingerprint density at radius 2 is 1.55 bits per heavy atom. The van der Waals surface area contributed by atoms with Crippen LogP contribution in [0.5, 0.6) is 5.88 Å². The molecule has 4 bridgehead atoms. The highest BCUT2D eigenvalue weighted by molar-refractivity contribution is 7.92. The molecule has 2 N–H and O–H groups in total. The molecule has 1 fully saturated rings. The molecule has 2 aliphatic rings. The molecule has 1 saturated carbocycles. The SMILES string of the molecule is Cc1cccc(C)c1-c1cc2nc(n1)NS(=O)(=O)c1cccc(c1)C(=O)N[C@H](CC1CCCCC1)[C@@H](c1ccc(C(C)(C)C)cc1)O2. The van der Waals surface area contributed by atoms with Crippen LogP contribution in [0.15, 0.2) is 77.7 Å². The third-order valence-corrected chi connectivity index (χ3v) is 10.7. The fraction of sp³-hybridized carbons (Fsp3) is 0.395. The normalized spacial score (nSPS) is 20.1. The van der Waals surface area contributed by atoms with Crippen LogP contribution in [0.2, 0.25) is 0 Å². The average molecular weight is 653 g/mol. The van der Waals surface area contributed by atoms with E-state index in [4.69, 9.17) is 4.74 Å². The molecule has 4 aromatic rings. The molecule has 1 amide bonds. The number of nitrogens with zero attached hydrogens (tertiary/aromatic N) is 2. The summed E-state index contributed by atoms with van der Waals surface area (Å²) in [5.41, 5.74) is 5.71. The van der Waals surface area contributed by atoms with Gasteiger partial charge in [0.1, 0.15) is 6.10 Å². The number of amides is 1. The second-order valence-electron chi connectivity index (χ2n) is 14.0. The molecule has 8 nitrogen and oxygen atoms in total. The van der Waals surface area contributed by atoms with Gasteiger partial charge in [-0.05, 0) is 72.1 Å². The molecule has 0 saturated heterocycles. The maximum absolute atomic E-state index is 13.9. The largest absolute Gasteiger partial charge is 0.467 e. The Kier molecular flexibility index (Phi) is 9.12. The number of fused-ring (bicyclic) bond motifs is 4. The van der Waals surface area contributed by atoms with Crippen LogP contribution < -0.4 is 14.8 Å². The number of aryl methyl sites for hydroxylation is 2. The quantitative estimate of drug-likeness (QED) is 0.231. The number of anilines is 1. The Morgan fingerprint density at radius 3 is 2.23 bits per heavy atom. The molecule has 6 rings (SSSR count). The van der Waals surface area contributed by atoms with Gasteiger partial charge in [-0.15, -0.1) is 0 Å². The number of ether oxygens (including phenoxy) is 1. The monoisotopic (exact) mass is 652 g/mol. The lowest BCUT2D eigenvalue weighted by Crippen LogP contribution is -2.43. The molecule has 0 spiro atoms. The average Bonchev–Trinajstić information content (AvgIpc) is 3.03. The van der Waals surface area contributed by atoms with E-state index in [-0.39, 0.29) is 33.6 Å². The van der Waals surface area contributed by atoms with Gasteiger partial charge in [0.25, 0.3) is 15.9 Å². The van der Waals surface area contributed by atoms with Crippen LogP contribution in [0.25, 0.3) is 11.3 Å². The van der Waals surface area contributed by atoms with Crippen molar-refractivity contribution in [1.82, 2.24) is 15.3 Å². The highest BCUT2D eigenvalue weighted by Gasteiger charge is 2.33. The van der Waals surface area contributed by atoms with E-state index in [2.05, 4.69) is 65.0 Å². The standard InChI is InChI=1S/C38H44N4O4S/c1-24-11-9-12-25(2)34(24)31-23-33-41-37(40-31)42-47(44,45)30-16-10-15-28(22-30)36(43)39-32(21-26-13-7-6-8-14-26)35(46-33)27-17-19-29(20-18-27)38(3,4)5/h9-12,15-20,22-23,26,32,35H,6-8,13-14,21H2,1-5H3,(H,39,43)(H,40,41,42)/t32-,35-/m1/s1. The fourth-order valence-corrected chi connectivity index (χ4v) is 7.83. The third-order valence-electron chi connectivity index (χ3n) is 9.42. The summed E-state index contributed by atoms with van der Waals surface area (Å²) in [4.78, 5) is 23.1. The summed E-state index contributed by atoms with van der Waals surface area (Å²) in [6.07, 6.45) is 5.84. The second kappa shape index (κ2) is 13.1.